The molecule has 4 rings (SSSR count). The maximum Gasteiger partial charge on any atom is 0.253 e. The largest absolute Gasteiger partial charge is 0.347 e. The summed E-state index contributed by atoms with van der Waals surface area (Å²) < 4.78 is 0. The number of aliphatic imine (C=N–C) groups is 2. The molecule has 6 heteroatoms. The van der Waals surface area contributed by atoms with Crippen LogP contribution >= 0.6 is 0 Å². The third kappa shape index (κ3) is 2.74. The fourth-order valence-corrected chi connectivity index (χ4v) is 3.36. The molecule has 0 saturated carbocycles. The molecule has 2 aliphatic rings. The summed E-state index contributed by atoms with van der Waals surface area (Å²) >= 11 is 0. The fraction of sp³-hybridized carbons (Fsp3) is 0.182. The molecule has 140 valence electrons. The highest BCUT2D eigenvalue weighted by Gasteiger charge is 2.35. The van der Waals surface area contributed by atoms with Crippen molar-refractivity contribution in [1.29, 1.82) is 0 Å². The van der Waals surface area contributed by atoms with Crippen LogP contribution in [0.15, 0.2) is 64.2 Å². The van der Waals surface area contributed by atoms with Crippen molar-refractivity contribution in [2.75, 3.05) is 28.2 Å². The van der Waals surface area contributed by atoms with Crippen molar-refractivity contribution >= 4 is 28.9 Å². The number of carbonyl (C=O) groups excluding carboxylic acids is 2. The van der Waals surface area contributed by atoms with Crippen LogP contribution in [0.25, 0.3) is 5.57 Å². The molecule has 0 fully saturated rings. The van der Waals surface area contributed by atoms with Crippen LogP contribution in [0.2, 0.25) is 0 Å². The zero-order valence-electron chi connectivity index (χ0n) is 16.2. The van der Waals surface area contributed by atoms with E-state index in [2.05, 4.69) is 9.98 Å². The molecular formula is C22H20N4O2. The van der Waals surface area contributed by atoms with Gasteiger partial charge in [-0.2, -0.15) is 0 Å². The standard InChI is InChI=1S/C22H20N4O2/c1-25(2)21(28)14-9-7-8-13(12-14)17-19-18(23-22(24-19)26(3)4)15-10-5-6-11-16(15)20(17)27/h5-12H,1-4H3. The van der Waals surface area contributed by atoms with E-state index in [9.17, 15) is 9.59 Å². The number of Topliss-reactive ketones (excluding diaryl/α,β-unsaturated/α-hetero) is 1. The second-order valence-electron chi connectivity index (χ2n) is 7.15. The maximum atomic E-state index is 13.4. The summed E-state index contributed by atoms with van der Waals surface area (Å²) in [7, 11) is 7.14. The van der Waals surface area contributed by atoms with Gasteiger partial charge in [-0.15, -0.1) is 0 Å². The lowest BCUT2D eigenvalue weighted by atomic mass is 9.83. The average molecular weight is 372 g/mol. The third-order valence-electron chi connectivity index (χ3n) is 4.74. The van der Waals surface area contributed by atoms with E-state index in [0.29, 0.717) is 39.6 Å². The minimum Gasteiger partial charge on any atom is -0.347 e. The van der Waals surface area contributed by atoms with E-state index in [1.165, 1.54) is 4.90 Å². The van der Waals surface area contributed by atoms with Crippen LogP contribution < -0.4 is 0 Å². The fourth-order valence-electron chi connectivity index (χ4n) is 3.36. The first-order valence-electron chi connectivity index (χ1n) is 8.94. The van der Waals surface area contributed by atoms with Crippen molar-refractivity contribution in [3.8, 4) is 0 Å². The Morgan fingerprint density at radius 2 is 1.61 bits per heavy atom. The van der Waals surface area contributed by atoms with E-state index in [-0.39, 0.29) is 11.7 Å². The van der Waals surface area contributed by atoms with Gasteiger partial charge in [-0.25, -0.2) is 9.98 Å². The van der Waals surface area contributed by atoms with Crippen LogP contribution in [-0.2, 0) is 0 Å². The lowest BCUT2D eigenvalue weighted by molar-refractivity contribution is 0.0827. The van der Waals surface area contributed by atoms with Gasteiger partial charge in [0.25, 0.3) is 5.91 Å². The first kappa shape index (κ1) is 17.9. The van der Waals surface area contributed by atoms with Gasteiger partial charge in [0.2, 0.25) is 5.96 Å². The smallest absolute Gasteiger partial charge is 0.253 e. The van der Waals surface area contributed by atoms with Gasteiger partial charge in [-0.1, -0.05) is 36.4 Å². The van der Waals surface area contributed by atoms with Crippen LogP contribution in [0, 0.1) is 0 Å². The van der Waals surface area contributed by atoms with Gasteiger partial charge in [0.05, 0.1) is 5.57 Å². The number of allylic oxidation sites excluding steroid dienone is 2. The molecule has 1 amide bonds. The lowest BCUT2D eigenvalue weighted by Gasteiger charge is -2.20. The van der Waals surface area contributed by atoms with Crippen LogP contribution in [0.5, 0.6) is 0 Å². The van der Waals surface area contributed by atoms with Gasteiger partial charge < -0.3 is 9.80 Å². The summed E-state index contributed by atoms with van der Waals surface area (Å²) in [6.07, 6.45) is 0. The van der Waals surface area contributed by atoms with E-state index in [0.717, 1.165) is 5.56 Å². The Hall–Kier alpha value is -3.54. The Kier molecular flexibility index (Phi) is 4.19. The number of ketones is 1. The van der Waals surface area contributed by atoms with E-state index in [1.54, 1.807) is 38.4 Å². The molecule has 0 radical (unpaired) electrons. The Labute approximate surface area is 163 Å². The van der Waals surface area contributed by atoms with Gasteiger partial charge in [0, 0.05) is 44.9 Å². The second kappa shape index (κ2) is 6.56. The van der Waals surface area contributed by atoms with Gasteiger partial charge in [0.1, 0.15) is 11.4 Å². The van der Waals surface area contributed by atoms with E-state index < -0.39 is 0 Å². The molecule has 0 unspecified atom stereocenters. The highest BCUT2D eigenvalue weighted by atomic mass is 16.2. The normalized spacial score (nSPS) is 14.9. The summed E-state index contributed by atoms with van der Waals surface area (Å²) in [5.41, 5.74) is 4.30. The number of amides is 1. The third-order valence-corrected chi connectivity index (χ3v) is 4.74. The molecule has 6 nitrogen and oxygen atoms in total. The predicted molar refractivity (Wildman–Crippen MR) is 110 cm³/mol. The van der Waals surface area contributed by atoms with Crippen molar-refractivity contribution in [2.45, 2.75) is 0 Å². The number of carbonyl (C=O) groups is 2. The first-order valence-corrected chi connectivity index (χ1v) is 8.94. The number of nitrogens with zero attached hydrogens (tertiary/aromatic N) is 4. The number of benzene rings is 2. The molecule has 0 aromatic heterocycles. The van der Waals surface area contributed by atoms with Crippen LogP contribution in [0.4, 0.5) is 0 Å². The molecule has 0 N–H and O–H groups in total. The molecule has 0 atom stereocenters. The van der Waals surface area contributed by atoms with Crippen LogP contribution in [0.1, 0.15) is 31.8 Å². The Morgan fingerprint density at radius 1 is 0.893 bits per heavy atom. The van der Waals surface area contributed by atoms with Crippen molar-refractivity contribution in [3.05, 3.63) is 76.5 Å². The van der Waals surface area contributed by atoms with Crippen molar-refractivity contribution < 1.29 is 9.59 Å². The summed E-state index contributed by atoms with van der Waals surface area (Å²) in [6.45, 7) is 0. The SMILES string of the molecule is CN(C)C(=O)c1cccc(C2=C3N=C(N(C)C)N=C3c3ccccc3C2=O)c1. The molecule has 1 aliphatic carbocycles. The summed E-state index contributed by atoms with van der Waals surface area (Å²) in [5.74, 6) is 0.323. The van der Waals surface area contributed by atoms with Gasteiger partial charge >= 0.3 is 0 Å². The number of hydrogen-bond acceptors (Lipinski definition) is 5. The summed E-state index contributed by atoms with van der Waals surface area (Å²) in [4.78, 5) is 38.4. The highest BCUT2D eigenvalue weighted by Crippen LogP contribution is 2.36. The minimum atomic E-state index is -0.117. The number of guanidine groups is 1. The van der Waals surface area contributed by atoms with Crippen LogP contribution in [0.3, 0.4) is 0 Å². The van der Waals surface area contributed by atoms with E-state index >= 15 is 0 Å². The topological polar surface area (TPSA) is 65.3 Å². The second-order valence-corrected chi connectivity index (χ2v) is 7.15. The van der Waals surface area contributed by atoms with Gasteiger partial charge in [-0.3, -0.25) is 9.59 Å². The van der Waals surface area contributed by atoms with Gasteiger partial charge in [0.15, 0.2) is 5.78 Å². The lowest BCUT2D eigenvalue weighted by Crippen LogP contribution is -2.22. The molecule has 2 aromatic carbocycles. The predicted octanol–water partition coefficient (Wildman–Crippen LogP) is 2.72. The average Bonchev–Trinajstić information content (AvgIpc) is 3.13. The quantitative estimate of drug-likeness (QED) is 0.814. The highest BCUT2D eigenvalue weighted by molar-refractivity contribution is 6.43. The molecular weight excluding hydrogens is 352 g/mol. The van der Waals surface area contributed by atoms with Crippen molar-refractivity contribution in [2.24, 2.45) is 9.98 Å². The minimum absolute atomic E-state index is 0.109. The number of rotatable bonds is 2. The molecule has 2 aromatic rings. The van der Waals surface area contributed by atoms with Crippen LogP contribution in [-0.4, -0.2) is 61.4 Å². The zero-order valence-corrected chi connectivity index (χ0v) is 16.2. The summed E-state index contributed by atoms with van der Waals surface area (Å²) in [6, 6.07) is 14.5. The summed E-state index contributed by atoms with van der Waals surface area (Å²) in [5, 5.41) is 0. The molecule has 1 aliphatic heterocycles. The van der Waals surface area contributed by atoms with Gasteiger partial charge in [-0.05, 0) is 17.7 Å². The number of hydrogen-bond donors (Lipinski definition) is 0. The first-order chi connectivity index (χ1) is 13.4. The van der Waals surface area contributed by atoms with E-state index in [4.69, 9.17) is 0 Å². The number of fused-ring (bicyclic) bond motifs is 3. The van der Waals surface area contributed by atoms with E-state index in [1.807, 2.05) is 43.3 Å². The Balaban J connectivity index is 1.95. The molecule has 0 bridgehead atoms. The molecule has 28 heavy (non-hydrogen) atoms. The zero-order chi connectivity index (χ0) is 20.0. The molecule has 1 heterocycles. The maximum absolute atomic E-state index is 13.4. The Morgan fingerprint density at radius 3 is 2.29 bits per heavy atom. The molecule has 0 spiro atoms. The van der Waals surface area contributed by atoms with Crippen molar-refractivity contribution in [3.63, 3.8) is 0 Å². The monoisotopic (exact) mass is 372 g/mol. The molecule has 0 saturated heterocycles. The Bertz CT molecular complexity index is 1110. The van der Waals surface area contributed by atoms with Crippen molar-refractivity contribution in [1.82, 2.24) is 9.80 Å².